The van der Waals surface area contributed by atoms with Crippen LogP contribution in [0, 0.1) is 0 Å². The van der Waals surface area contributed by atoms with Gasteiger partial charge in [0.1, 0.15) is 0 Å². The highest BCUT2D eigenvalue weighted by molar-refractivity contribution is 5.20. The van der Waals surface area contributed by atoms with E-state index in [1.165, 1.54) is 37.7 Å². The topological polar surface area (TPSA) is 23.5 Å². The lowest BCUT2D eigenvalue weighted by Crippen LogP contribution is -2.54. The molecule has 0 aromatic heterocycles. The first-order chi connectivity index (χ1) is 9.67. The second-order valence-corrected chi connectivity index (χ2v) is 6.84. The van der Waals surface area contributed by atoms with E-state index in [2.05, 4.69) is 35.2 Å². The fraction of sp³-hybridized carbons (Fsp3) is 0.667. The lowest BCUT2D eigenvalue weighted by Gasteiger charge is -2.46. The van der Waals surface area contributed by atoms with Crippen molar-refractivity contribution in [3.05, 3.63) is 35.9 Å². The van der Waals surface area contributed by atoms with E-state index >= 15 is 0 Å². The van der Waals surface area contributed by atoms with Gasteiger partial charge in [0.2, 0.25) is 0 Å². The molecule has 0 spiro atoms. The molecule has 2 fully saturated rings. The van der Waals surface area contributed by atoms with Gasteiger partial charge in [0.25, 0.3) is 0 Å². The zero-order chi connectivity index (χ0) is 14.0. The molecule has 1 aromatic carbocycles. The summed E-state index contributed by atoms with van der Waals surface area (Å²) in [6, 6.07) is 11.3. The van der Waals surface area contributed by atoms with E-state index in [-0.39, 0.29) is 0 Å². The van der Waals surface area contributed by atoms with Gasteiger partial charge in [-0.2, -0.15) is 0 Å². The third-order valence-electron chi connectivity index (χ3n) is 5.37. The molecule has 1 aliphatic heterocycles. The summed E-state index contributed by atoms with van der Waals surface area (Å²) in [6.07, 6.45) is 7.07. The van der Waals surface area contributed by atoms with Crippen LogP contribution in [0.2, 0.25) is 0 Å². The minimum atomic E-state index is -0.474. The maximum Gasteiger partial charge on any atom is 0.0774 e. The predicted octanol–water partition coefficient (Wildman–Crippen LogP) is 3.56. The van der Waals surface area contributed by atoms with Gasteiger partial charge >= 0.3 is 0 Å². The van der Waals surface area contributed by atoms with Crippen LogP contribution in [0.15, 0.2) is 30.3 Å². The Labute approximate surface area is 122 Å². The molecular formula is C18H27NO. The molecule has 1 aliphatic carbocycles. The summed E-state index contributed by atoms with van der Waals surface area (Å²) in [5.74, 6) is 0.709. The normalized spacial score (nSPS) is 33.2. The molecule has 110 valence electrons. The molecule has 0 radical (unpaired) electrons. The van der Waals surface area contributed by atoms with Crippen molar-refractivity contribution < 1.29 is 5.11 Å². The molecule has 1 heterocycles. The number of hydrogen-bond donors (Lipinski definition) is 1. The first kappa shape index (κ1) is 14.1. The van der Waals surface area contributed by atoms with Crippen LogP contribution in [0.5, 0.6) is 0 Å². The molecule has 2 atom stereocenters. The van der Waals surface area contributed by atoms with E-state index < -0.39 is 5.60 Å². The molecule has 0 bridgehead atoms. The standard InChI is InChI=1S/C18H27NO/c1-18(20)12-6-5-9-17(18)19-13-10-16(11-14-19)15-7-3-2-4-8-15/h2-4,7-8,16-17,20H,5-6,9-14H2,1H3/t17-,18-/m1/s1. The summed E-state index contributed by atoms with van der Waals surface area (Å²) < 4.78 is 0. The van der Waals surface area contributed by atoms with Crippen molar-refractivity contribution in [1.29, 1.82) is 0 Å². The van der Waals surface area contributed by atoms with Crippen molar-refractivity contribution in [3.8, 4) is 0 Å². The molecule has 1 aromatic rings. The third kappa shape index (κ3) is 2.91. The van der Waals surface area contributed by atoms with Gasteiger partial charge < -0.3 is 5.11 Å². The van der Waals surface area contributed by atoms with Gasteiger partial charge in [-0.1, -0.05) is 43.2 Å². The van der Waals surface area contributed by atoms with Crippen LogP contribution in [-0.4, -0.2) is 34.7 Å². The Kier molecular flexibility index (Phi) is 4.13. The smallest absolute Gasteiger partial charge is 0.0774 e. The molecule has 20 heavy (non-hydrogen) atoms. The van der Waals surface area contributed by atoms with Crippen LogP contribution in [0.25, 0.3) is 0 Å². The quantitative estimate of drug-likeness (QED) is 0.890. The van der Waals surface area contributed by atoms with Gasteiger partial charge in [0, 0.05) is 6.04 Å². The average molecular weight is 273 g/mol. The number of nitrogens with zero attached hydrogens (tertiary/aromatic N) is 1. The third-order valence-corrected chi connectivity index (χ3v) is 5.37. The monoisotopic (exact) mass is 273 g/mol. The van der Waals surface area contributed by atoms with E-state index in [4.69, 9.17) is 0 Å². The first-order valence-corrected chi connectivity index (χ1v) is 8.18. The van der Waals surface area contributed by atoms with Crippen molar-refractivity contribution in [2.75, 3.05) is 13.1 Å². The summed E-state index contributed by atoms with van der Waals surface area (Å²) in [5, 5.41) is 10.6. The van der Waals surface area contributed by atoms with Crippen LogP contribution < -0.4 is 0 Å². The summed E-state index contributed by atoms with van der Waals surface area (Å²) >= 11 is 0. The summed E-state index contributed by atoms with van der Waals surface area (Å²) in [5.41, 5.74) is 1.01. The molecule has 1 N–H and O–H groups in total. The second-order valence-electron chi connectivity index (χ2n) is 6.84. The van der Waals surface area contributed by atoms with Crippen molar-refractivity contribution in [2.24, 2.45) is 0 Å². The van der Waals surface area contributed by atoms with Crippen molar-refractivity contribution in [1.82, 2.24) is 4.90 Å². The highest BCUT2D eigenvalue weighted by atomic mass is 16.3. The SMILES string of the molecule is C[C@@]1(O)CCCC[C@H]1N1CCC(c2ccccc2)CC1. The number of piperidine rings is 1. The first-order valence-electron chi connectivity index (χ1n) is 8.18. The lowest BCUT2D eigenvalue weighted by molar-refractivity contribution is -0.0663. The molecular weight excluding hydrogens is 246 g/mol. The number of aliphatic hydroxyl groups is 1. The number of likely N-dealkylation sites (tertiary alicyclic amines) is 1. The molecule has 1 saturated heterocycles. The molecule has 0 amide bonds. The number of benzene rings is 1. The Balaban J connectivity index is 1.61. The Morgan fingerprint density at radius 3 is 2.40 bits per heavy atom. The van der Waals surface area contributed by atoms with Gasteiger partial charge in [0.05, 0.1) is 5.60 Å². The van der Waals surface area contributed by atoms with Gasteiger partial charge in [-0.15, -0.1) is 0 Å². The average Bonchev–Trinajstić information content (AvgIpc) is 2.48. The van der Waals surface area contributed by atoms with E-state index in [1.54, 1.807) is 0 Å². The molecule has 1 saturated carbocycles. The van der Waals surface area contributed by atoms with Gasteiger partial charge in [-0.25, -0.2) is 0 Å². The Hall–Kier alpha value is -0.860. The van der Waals surface area contributed by atoms with Crippen LogP contribution in [0.3, 0.4) is 0 Å². The number of hydrogen-bond acceptors (Lipinski definition) is 2. The highest BCUT2D eigenvalue weighted by Gasteiger charge is 2.39. The van der Waals surface area contributed by atoms with Gasteiger partial charge in [-0.05, 0) is 57.2 Å². The molecule has 2 heteroatoms. The van der Waals surface area contributed by atoms with Gasteiger partial charge in [-0.3, -0.25) is 4.90 Å². The Morgan fingerprint density at radius 1 is 1.05 bits per heavy atom. The second kappa shape index (κ2) is 5.87. The Bertz CT molecular complexity index is 420. The van der Waals surface area contributed by atoms with Crippen molar-refractivity contribution in [3.63, 3.8) is 0 Å². The Morgan fingerprint density at radius 2 is 1.75 bits per heavy atom. The van der Waals surface area contributed by atoms with Gasteiger partial charge in [0.15, 0.2) is 0 Å². The lowest BCUT2D eigenvalue weighted by atomic mass is 9.79. The zero-order valence-electron chi connectivity index (χ0n) is 12.6. The van der Waals surface area contributed by atoms with E-state index in [1.807, 2.05) is 6.92 Å². The highest BCUT2D eigenvalue weighted by Crippen LogP contribution is 2.36. The summed E-state index contributed by atoms with van der Waals surface area (Å²) in [4.78, 5) is 2.55. The number of rotatable bonds is 2. The fourth-order valence-electron chi connectivity index (χ4n) is 4.14. The maximum absolute atomic E-state index is 10.6. The van der Waals surface area contributed by atoms with Crippen LogP contribution in [0.4, 0.5) is 0 Å². The minimum Gasteiger partial charge on any atom is -0.389 e. The van der Waals surface area contributed by atoms with E-state index in [0.717, 1.165) is 19.5 Å². The van der Waals surface area contributed by atoms with Crippen LogP contribution in [0.1, 0.15) is 56.9 Å². The zero-order valence-corrected chi connectivity index (χ0v) is 12.6. The van der Waals surface area contributed by atoms with Crippen LogP contribution >= 0.6 is 0 Å². The molecule has 2 nitrogen and oxygen atoms in total. The van der Waals surface area contributed by atoms with E-state index in [0.29, 0.717) is 12.0 Å². The van der Waals surface area contributed by atoms with E-state index in [9.17, 15) is 5.11 Å². The maximum atomic E-state index is 10.6. The van der Waals surface area contributed by atoms with Crippen molar-refractivity contribution in [2.45, 2.75) is 63.0 Å². The minimum absolute atomic E-state index is 0.382. The summed E-state index contributed by atoms with van der Waals surface area (Å²) in [6.45, 7) is 4.32. The van der Waals surface area contributed by atoms with Crippen molar-refractivity contribution >= 4 is 0 Å². The molecule has 2 aliphatic rings. The molecule has 0 unspecified atom stereocenters. The van der Waals surface area contributed by atoms with Crippen LogP contribution in [-0.2, 0) is 0 Å². The largest absolute Gasteiger partial charge is 0.389 e. The summed E-state index contributed by atoms with van der Waals surface area (Å²) in [7, 11) is 0. The molecule has 3 rings (SSSR count). The predicted molar refractivity (Wildman–Crippen MR) is 82.9 cm³/mol. The fourth-order valence-corrected chi connectivity index (χ4v) is 4.14.